The maximum absolute atomic E-state index is 8.24. The Labute approximate surface area is 71.1 Å². The summed E-state index contributed by atoms with van der Waals surface area (Å²) in [5.41, 5.74) is 0. The predicted octanol–water partition coefficient (Wildman–Crippen LogP) is 2.85. The van der Waals surface area contributed by atoms with Crippen LogP contribution < -0.4 is 0 Å². The number of aliphatic hydroxyl groups is 1. The molecule has 0 aliphatic carbocycles. The van der Waals surface area contributed by atoms with Gasteiger partial charge in [0.2, 0.25) is 0 Å². The first kappa shape index (κ1) is 13.3. The quantitative estimate of drug-likeness (QED) is 0.626. The van der Waals surface area contributed by atoms with E-state index in [2.05, 4.69) is 34.3 Å². The van der Waals surface area contributed by atoms with Gasteiger partial charge in [-0.05, 0) is 18.3 Å². The van der Waals surface area contributed by atoms with Crippen molar-refractivity contribution in [3.8, 4) is 0 Å². The second-order valence-electron chi connectivity index (χ2n) is 3.39. The molecule has 0 amide bonds. The lowest BCUT2D eigenvalue weighted by molar-refractivity contribution is 0.268. The molecular formula is C10H22O. The zero-order valence-corrected chi connectivity index (χ0v) is 8.30. The van der Waals surface area contributed by atoms with Gasteiger partial charge in [0.05, 0.1) is 0 Å². The molecule has 0 aliphatic heterocycles. The molecule has 1 heteroatoms. The monoisotopic (exact) mass is 158 g/mol. The molecular weight excluding hydrogens is 136 g/mol. The Kier molecular flexibility index (Phi) is 11.7. The summed E-state index contributed by atoms with van der Waals surface area (Å²) in [5.74, 6) is 1.30. The largest absolute Gasteiger partial charge is 0.396 e. The number of hydrogen-bond acceptors (Lipinski definition) is 1. The summed E-state index contributed by atoms with van der Waals surface area (Å²) in [7, 11) is 0. The molecule has 0 atom stereocenters. The van der Waals surface area contributed by atoms with E-state index in [0.29, 0.717) is 18.4 Å². The number of aliphatic hydroxyl groups excluding tert-OH is 1. The van der Waals surface area contributed by atoms with Gasteiger partial charge in [-0.25, -0.2) is 0 Å². The van der Waals surface area contributed by atoms with Gasteiger partial charge >= 0.3 is 0 Å². The van der Waals surface area contributed by atoms with Crippen LogP contribution in [0.5, 0.6) is 0 Å². The third-order valence-corrected chi connectivity index (χ3v) is 1.18. The standard InChI is InChI=1S/C5H12O.C5H10/c1-5(2)3-4-6;1-4-5(2)3/h5-6H,3-4H2,1-2H3;4-5H,1H2,2-3H3. The van der Waals surface area contributed by atoms with Crippen LogP contribution in [0.2, 0.25) is 0 Å². The highest BCUT2D eigenvalue weighted by molar-refractivity contribution is 4.69. The molecule has 11 heavy (non-hydrogen) atoms. The molecule has 0 saturated heterocycles. The normalized spacial score (nSPS) is 9.36. The summed E-state index contributed by atoms with van der Waals surface area (Å²) in [4.78, 5) is 0. The minimum atomic E-state index is 0.331. The Balaban J connectivity index is 0. The fraction of sp³-hybridized carbons (Fsp3) is 0.800. The molecule has 0 aromatic carbocycles. The van der Waals surface area contributed by atoms with Crippen LogP contribution in [0.3, 0.4) is 0 Å². The highest BCUT2D eigenvalue weighted by Gasteiger charge is 1.86. The third-order valence-electron chi connectivity index (χ3n) is 1.18. The fourth-order valence-corrected chi connectivity index (χ4v) is 0.258. The fourth-order valence-electron chi connectivity index (χ4n) is 0.258. The molecule has 1 N–H and O–H groups in total. The molecule has 0 unspecified atom stereocenters. The van der Waals surface area contributed by atoms with E-state index in [-0.39, 0.29) is 0 Å². The second kappa shape index (κ2) is 9.70. The molecule has 0 radical (unpaired) electrons. The van der Waals surface area contributed by atoms with Gasteiger partial charge in [0.1, 0.15) is 0 Å². The summed E-state index contributed by atoms with van der Waals surface area (Å²) in [6, 6.07) is 0. The zero-order chi connectivity index (χ0) is 9.28. The molecule has 0 bridgehead atoms. The van der Waals surface area contributed by atoms with Gasteiger partial charge in [-0.1, -0.05) is 33.8 Å². The summed E-state index contributed by atoms with van der Waals surface area (Å²) in [5, 5.41) is 8.24. The van der Waals surface area contributed by atoms with Crippen LogP contribution in [-0.4, -0.2) is 11.7 Å². The van der Waals surface area contributed by atoms with Crippen LogP contribution in [0.25, 0.3) is 0 Å². The Morgan fingerprint density at radius 1 is 1.27 bits per heavy atom. The minimum Gasteiger partial charge on any atom is -0.396 e. The molecule has 1 nitrogen and oxygen atoms in total. The smallest absolute Gasteiger partial charge is 0.0433 e. The van der Waals surface area contributed by atoms with Crippen molar-refractivity contribution in [2.75, 3.05) is 6.61 Å². The summed E-state index contributed by atoms with van der Waals surface area (Å²) >= 11 is 0. The Hall–Kier alpha value is -0.300. The number of allylic oxidation sites excluding steroid dienone is 1. The van der Waals surface area contributed by atoms with E-state index < -0.39 is 0 Å². The molecule has 0 aliphatic rings. The highest BCUT2D eigenvalue weighted by Crippen LogP contribution is 1.94. The van der Waals surface area contributed by atoms with E-state index in [9.17, 15) is 0 Å². The summed E-state index contributed by atoms with van der Waals surface area (Å²) in [6.45, 7) is 12.3. The molecule has 0 heterocycles. The van der Waals surface area contributed by atoms with E-state index in [1.807, 2.05) is 6.08 Å². The van der Waals surface area contributed by atoms with Gasteiger partial charge in [-0.15, -0.1) is 6.58 Å². The Bertz CT molecular complexity index is 74.9. The van der Waals surface area contributed by atoms with Crippen LogP contribution >= 0.6 is 0 Å². The lowest BCUT2D eigenvalue weighted by atomic mass is 10.2. The zero-order valence-electron chi connectivity index (χ0n) is 8.30. The minimum absolute atomic E-state index is 0.331. The van der Waals surface area contributed by atoms with Crippen LogP contribution in [-0.2, 0) is 0 Å². The van der Waals surface area contributed by atoms with Crippen molar-refractivity contribution in [1.82, 2.24) is 0 Å². The van der Waals surface area contributed by atoms with Crippen molar-refractivity contribution in [2.45, 2.75) is 34.1 Å². The van der Waals surface area contributed by atoms with Crippen LogP contribution in [0.1, 0.15) is 34.1 Å². The van der Waals surface area contributed by atoms with Crippen LogP contribution in [0, 0.1) is 11.8 Å². The SMILES string of the molecule is C=CC(C)C.CC(C)CCO. The Morgan fingerprint density at radius 3 is 1.64 bits per heavy atom. The van der Waals surface area contributed by atoms with E-state index in [1.165, 1.54) is 0 Å². The maximum atomic E-state index is 8.24. The highest BCUT2D eigenvalue weighted by atomic mass is 16.2. The van der Waals surface area contributed by atoms with Crippen molar-refractivity contribution in [3.63, 3.8) is 0 Å². The van der Waals surface area contributed by atoms with Gasteiger partial charge in [-0.3, -0.25) is 0 Å². The average Bonchev–Trinajstić information content (AvgIpc) is 1.89. The second-order valence-corrected chi connectivity index (χ2v) is 3.39. The molecule has 0 fully saturated rings. The van der Waals surface area contributed by atoms with E-state index in [1.54, 1.807) is 0 Å². The van der Waals surface area contributed by atoms with E-state index in [0.717, 1.165) is 6.42 Å². The molecule has 0 rings (SSSR count). The lowest BCUT2D eigenvalue weighted by Gasteiger charge is -1.95. The summed E-state index contributed by atoms with van der Waals surface area (Å²) < 4.78 is 0. The van der Waals surface area contributed by atoms with Gasteiger partial charge in [0, 0.05) is 6.61 Å². The van der Waals surface area contributed by atoms with Crippen LogP contribution in [0.4, 0.5) is 0 Å². The van der Waals surface area contributed by atoms with Gasteiger partial charge in [-0.2, -0.15) is 0 Å². The lowest BCUT2D eigenvalue weighted by Crippen LogP contribution is -1.89. The molecule has 0 saturated carbocycles. The van der Waals surface area contributed by atoms with Gasteiger partial charge < -0.3 is 5.11 Å². The van der Waals surface area contributed by atoms with Gasteiger partial charge in [0.25, 0.3) is 0 Å². The third kappa shape index (κ3) is 26.0. The summed E-state index contributed by atoms with van der Waals surface area (Å²) in [6.07, 6.45) is 2.85. The topological polar surface area (TPSA) is 20.2 Å². The molecule has 0 aromatic rings. The first-order chi connectivity index (χ1) is 5.04. The Morgan fingerprint density at radius 2 is 1.64 bits per heavy atom. The first-order valence-electron chi connectivity index (χ1n) is 4.28. The van der Waals surface area contributed by atoms with E-state index >= 15 is 0 Å². The number of rotatable bonds is 3. The predicted molar refractivity (Wildman–Crippen MR) is 51.6 cm³/mol. The number of hydrogen-bond donors (Lipinski definition) is 1. The maximum Gasteiger partial charge on any atom is 0.0433 e. The van der Waals surface area contributed by atoms with Crippen molar-refractivity contribution in [1.29, 1.82) is 0 Å². The van der Waals surface area contributed by atoms with Gasteiger partial charge in [0.15, 0.2) is 0 Å². The van der Waals surface area contributed by atoms with Crippen LogP contribution in [0.15, 0.2) is 12.7 Å². The molecule has 68 valence electrons. The average molecular weight is 158 g/mol. The van der Waals surface area contributed by atoms with Crippen molar-refractivity contribution in [3.05, 3.63) is 12.7 Å². The van der Waals surface area contributed by atoms with Crippen molar-refractivity contribution in [2.24, 2.45) is 11.8 Å². The first-order valence-corrected chi connectivity index (χ1v) is 4.28. The molecule has 0 spiro atoms. The van der Waals surface area contributed by atoms with Crippen molar-refractivity contribution < 1.29 is 5.11 Å². The van der Waals surface area contributed by atoms with E-state index in [4.69, 9.17) is 5.11 Å². The van der Waals surface area contributed by atoms with Crippen molar-refractivity contribution >= 4 is 0 Å². The molecule has 0 aromatic heterocycles.